The first kappa shape index (κ1) is 14.5. The largest absolute Gasteiger partial charge is 0.334 e. The first-order valence-corrected chi connectivity index (χ1v) is 6.49. The third-order valence-corrected chi connectivity index (χ3v) is 3.70. The van der Waals surface area contributed by atoms with E-state index in [9.17, 15) is 4.79 Å². The van der Waals surface area contributed by atoms with Crippen LogP contribution in [-0.2, 0) is 4.79 Å². The molecule has 0 radical (unpaired) electrons. The Balaban J connectivity index is 3.02. The highest BCUT2D eigenvalue weighted by molar-refractivity contribution is 5.83. The lowest BCUT2D eigenvalue weighted by atomic mass is 9.96. The van der Waals surface area contributed by atoms with Crippen molar-refractivity contribution in [3.63, 3.8) is 0 Å². The molecule has 1 aliphatic rings. The van der Waals surface area contributed by atoms with Crippen LogP contribution in [0.2, 0.25) is 0 Å². The van der Waals surface area contributed by atoms with Crippen molar-refractivity contribution in [3.8, 4) is 0 Å². The van der Waals surface area contributed by atoms with Crippen LogP contribution in [0.25, 0.3) is 0 Å². The fraction of sp³-hybridized carbons (Fsp3) is 0.923. The van der Waals surface area contributed by atoms with Gasteiger partial charge in [0.1, 0.15) is 6.04 Å². The molecule has 1 amide bonds. The number of likely N-dealkylation sites (N-methyl/N-ethyl adjacent to an activating group) is 2. The van der Waals surface area contributed by atoms with Crippen LogP contribution >= 0.6 is 0 Å². The van der Waals surface area contributed by atoms with Crippen LogP contribution in [0.4, 0.5) is 0 Å². The summed E-state index contributed by atoms with van der Waals surface area (Å²) < 4.78 is 0. The zero-order chi connectivity index (χ0) is 13.2. The van der Waals surface area contributed by atoms with Gasteiger partial charge < -0.3 is 10.2 Å². The SMILES string of the molecule is CNCC1C(=O)N(C(C)C)C(C)(C)CCN1C. The lowest BCUT2D eigenvalue weighted by Crippen LogP contribution is -2.56. The lowest BCUT2D eigenvalue weighted by molar-refractivity contribution is -0.141. The van der Waals surface area contributed by atoms with Gasteiger partial charge in [0.2, 0.25) is 5.91 Å². The van der Waals surface area contributed by atoms with E-state index in [0.717, 1.165) is 13.0 Å². The van der Waals surface area contributed by atoms with Gasteiger partial charge in [-0.05, 0) is 48.2 Å². The zero-order valence-electron chi connectivity index (χ0n) is 12.1. The third kappa shape index (κ3) is 2.99. The summed E-state index contributed by atoms with van der Waals surface area (Å²) in [6.45, 7) is 10.2. The highest BCUT2D eigenvalue weighted by Crippen LogP contribution is 2.27. The smallest absolute Gasteiger partial charge is 0.241 e. The Morgan fingerprint density at radius 1 is 1.47 bits per heavy atom. The standard InChI is InChI=1S/C13H27N3O/c1-10(2)16-12(17)11(9-14-5)15(6)8-7-13(16,3)4/h10-11,14H,7-9H2,1-6H3. The first-order chi connectivity index (χ1) is 7.81. The average Bonchev–Trinajstić information content (AvgIpc) is 2.28. The van der Waals surface area contributed by atoms with Gasteiger partial charge in [-0.2, -0.15) is 0 Å². The van der Waals surface area contributed by atoms with Crippen molar-refractivity contribution < 1.29 is 4.79 Å². The van der Waals surface area contributed by atoms with Crippen molar-refractivity contribution in [3.05, 3.63) is 0 Å². The molecule has 1 fully saturated rings. The van der Waals surface area contributed by atoms with Crippen molar-refractivity contribution in [2.24, 2.45) is 0 Å². The molecule has 0 spiro atoms. The Morgan fingerprint density at radius 3 is 2.53 bits per heavy atom. The molecule has 1 atom stereocenters. The molecule has 100 valence electrons. The average molecular weight is 241 g/mol. The zero-order valence-corrected chi connectivity index (χ0v) is 12.1. The van der Waals surface area contributed by atoms with Gasteiger partial charge in [0.05, 0.1) is 0 Å². The van der Waals surface area contributed by atoms with Crippen LogP contribution in [0.5, 0.6) is 0 Å². The predicted molar refractivity (Wildman–Crippen MR) is 71.0 cm³/mol. The van der Waals surface area contributed by atoms with Crippen molar-refractivity contribution in [1.82, 2.24) is 15.1 Å². The number of nitrogens with zero attached hydrogens (tertiary/aromatic N) is 2. The van der Waals surface area contributed by atoms with Gasteiger partial charge >= 0.3 is 0 Å². The quantitative estimate of drug-likeness (QED) is 0.798. The Morgan fingerprint density at radius 2 is 2.06 bits per heavy atom. The minimum Gasteiger partial charge on any atom is -0.334 e. The molecule has 0 aromatic heterocycles. The highest BCUT2D eigenvalue weighted by Gasteiger charge is 2.40. The highest BCUT2D eigenvalue weighted by atomic mass is 16.2. The fourth-order valence-electron chi connectivity index (χ4n) is 2.76. The van der Waals surface area contributed by atoms with Gasteiger partial charge in [0.25, 0.3) is 0 Å². The maximum absolute atomic E-state index is 12.6. The van der Waals surface area contributed by atoms with E-state index in [1.54, 1.807) is 0 Å². The minimum absolute atomic E-state index is 0.0378. The van der Waals surface area contributed by atoms with Crippen LogP contribution in [0, 0.1) is 0 Å². The summed E-state index contributed by atoms with van der Waals surface area (Å²) in [4.78, 5) is 16.9. The molecule has 1 saturated heterocycles. The van der Waals surface area contributed by atoms with Gasteiger partial charge in [-0.25, -0.2) is 0 Å². The summed E-state index contributed by atoms with van der Waals surface area (Å²) in [6.07, 6.45) is 1.02. The number of amides is 1. The van der Waals surface area contributed by atoms with E-state index >= 15 is 0 Å². The molecular formula is C13H27N3O. The van der Waals surface area contributed by atoms with Gasteiger partial charge in [-0.1, -0.05) is 0 Å². The predicted octanol–water partition coefficient (Wildman–Crippen LogP) is 0.926. The second-order valence-electron chi connectivity index (χ2n) is 5.92. The second kappa shape index (κ2) is 5.36. The van der Waals surface area contributed by atoms with E-state index in [1.165, 1.54) is 0 Å². The summed E-state index contributed by atoms with van der Waals surface area (Å²) >= 11 is 0. The number of nitrogens with one attached hydrogen (secondary N) is 1. The van der Waals surface area contributed by atoms with E-state index in [0.29, 0.717) is 6.54 Å². The van der Waals surface area contributed by atoms with Crippen LogP contribution < -0.4 is 5.32 Å². The maximum Gasteiger partial charge on any atom is 0.241 e. The molecular weight excluding hydrogens is 214 g/mol. The Hall–Kier alpha value is -0.610. The fourth-order valence-corrected chi connectivity index (χ4v) is 2.76. The Labute approximate surface area is 105 Å². The molecule has 4 heteroatoms. The van der Waals surface area contributed by atoms with Gasteiger partial charge in [0.15, 0.2) is 0 Å². The number of rotatable bonds is 3. The van der Waals surface area contributed by atoms with Crippen molar-refractivity contribution in [1.29, 1.82) is 0 Å². The van der Waals surface area contributed by atoms with Crippen LogP contribution in [-0.4, -0.2) is 60.5 Å². The molecule has 0 saturated carbocycles. The molecule has 1 N–H and O–H groups in total. The van der Waals surface area contributed by atoms with Gasteiger partial charge in [-0.15, -0.1) is 0 Å². The van der Waals surface area contributed by atoms with Gasteiger partial charge in [0, 0.05) is 24.7 Å². The summed E-state index contributed by atoms with van der Waals surface area (Å²) in [7, 11) is 3.94. The van der Waals surface area contributed by atoms with E-state index in [2.05, 4.69) is 42.8 Å². The second-order valence-corrected chi connectivity index (χ2v) is 5.92. The molecule has 1 heterocycles. The molecule has 1 aliphatic heterocycles. The monoisotopic (exact) mass is 241 g/mol. The third-order valence-electron chi connectivity index (χ3n) is 3.70. The summed E-state index contributed by atoms with van der Waals surface area (Å²) in [5.41, 5.74) is -0.0536. The summed E-state index contributed by atoms with van der Waals surface area (Å²) in [5, 5.41) is 3.12. The van der Waals surface area contributed by atoms with E-state index in [1.807, 2.05) is 14.1 Å². The Bertz CT molecular complexity index is 276. The van der Waals surface area contributed by atoms with Crippen molar-refractivity contribution in [2.45, 2.75) is 51.7 Å². The van der Waals surface area contributed by atoms with Crippen LogP contribution in [0.1, 0.15) is 34.1 Å². The number of carbonyl (C=O) groups excluding carboxylic acids is 1. The topological polar surface area (TPSA) is 35.6 Å². The van der Waals surface area contributed by atoms with E-state index in [-0.39, 0.29) is 23.5 Å². The summed E-state index contributed by atoms with van der Waals surface area (Å²) in [6, 6.07) is 0.215. The molecule has 1 unspecified atom stereocenters. The molecule has 17 heavy (non-hydrogen) atoms. The molecule has 4 nitrogen and oxygen atoms in total. The minimum atomic E-state index is -0.0536. The van der Waals surface area contributed by atoms with Crippen LogP contribution in [0.15, 0.2) is 0 Å². The van der Waals surface area contributed by atoms with E-state index < -0.39 is 0 Å². The van der Waals surface area contributed by atoms with Crippen LogP contribution in [0.3, 0.4) is 0 Å². The van der Waals surface area contributed by atoms with E-state index in [4.69, 9.17) is 0 Å². The molecule has 1 rings (SSSR count). The number of hydrogen-bond acceptors (Lipinski definition) is 3. The lowest BCUT2D eigenvalue weighted by Gasteiger charge is -2.41. The first-order valence-electron chi connectivity index (χ1n) is 6.49. The van der Waals surface area contributed by atoms with Gasteiger partial charge in [-0.3, -0.25) is 9.69 Å². The normalized spacial score (nSPS) is 26.4. The summed E-state index contributed by atoms with van der Waals surface area (Å²) in [5.74, 6) is 0.249. The van der Waals surface area contributed by atoms with Crippen molar-refractivity contribution >= 4 is 5.91 Å². The number of hydrogen-bond donors (Lipinski definition) is 1. The molecule has 0 aromatic carbocycles. The van der Waals surface area contributed by atoms with Crippen molar-refractivity contribution in [2.75, 3.05) is 27.2 Å². The molecule has 0 bridgehead atoms. The Kier molecular flexibility index (Phi) is 4.55. The molecule has 0 aromatic rings. The molecule has 0 aliphatic carbocycles. The maximum atomic E-state index is 12.6. The number of carbonyl (C=O) groups is 1.